The van der Waals surface area contributed by atoms with E-state index in [2.05, 4.69) is 10.4 Å². The Hall–Kier alpha value is -1.62. The van der Waals surface area contributed by atoms with Gasteiger partial charge in [0.15, 0.2) is 0 Å². The highest BCUT2D eigenvalue weighted by Crippen LogP contribution is 2.24. The molecule has 2 rings (SSSR count). The van der Waals surface area contributed by atoms with Crippen molar-refractivity contribution in [1.82, 2.24) is 15.1 Å². The van der Waals surface area contributed by atoms with E-state index in [1.807, 2.05) is 14.0 Å². The van der Waals surface area contributed by atoms with Gasteiger partial charge in [0.25, 0.3) is 0 Å². The third-order valence-electron chi connectivity index (χ3n) is 3.84. The van der Waals surface area contributed by atoms with Crippen LogP contribution in [-0.4, -0.2) is 33.4 Å². The van der Waals surface area contributed by atoms with Crippen LogP contribution in [0.25, 0.3) is 6.08 Å². The maximum Gasteiger partial charge on any atom is 0.244 e. The van der Waals surface area contributed by atoms with E-state index in [1.165, 1.54) is 6.08 Å². The van der Waals surface area contributed by atoms with Gasteiger partial charge in [0, 0.05) is 36.8 Å². The quantitative estimate of drug-likeness (QED) is 0.797. The van der Waals surface area contributed by atoms with E-state index < -0.39 is 0 Å². The first-order valence-corrected chi connectivity index (χ1v) is 6.70. The summed E-state index contributed by atoms with van der Waals surface area (Å²) in [5.74, 6) is 0.0832. The summed E-state index contributed by atoms with van der Waals surface area (Å²) in [6.45, 7) is 2.51. The Bertz CT molecular complexity index is 479. The summed E-state index contributed by atoms with van der Waals surface area (Å²) in [5.41, 5.74) is 1.97. The number of carbonyl (C=O) groups excluding carboxylic acids is 1. The van der Waals surface area contributed by atoms with Crippen molar-refractivity contribution in [2.45, 2.75) is 32.3 Å². The topological polar surface area (TPSA) is 67.2 Å². The van der Waals surface area contributed by atoms with E-state index in [0.717, 1.165) is 30.5 Å². The molecule has 2 unspecified atom stereocenters. The molecule has 1 heterocycles. The minimum Gasteiger partial charge on any atom is -0.393 e. The van der Waals surface area contributed by atoms with Crippen LogP contribution in [0.3, 0.4) is 0 Å². The fourth-order valence-corrected chi connectivity index (χ4v) is 2.39. The van der Waals surface area contributed by atoms with Gasteiger partial charge in [-0.1, -0.05) is 6.42 Å². The number of aliphatic hydroxyl groups excluding tert-OH is 1. The van der Waals surface area contributed by atoms with Crippen molar-refractivity contribution in [2.24, 2.45) is 13.0 Å². The van der Waals surface area contributed by atoms with Crippen LogP contribution in [-0.2, 0) is 11.8 Å². The van der Waals surface area contributed by atoms with Crippen LogP contribution in [0.1, 0.15) is 30.5 Å². The van der Waals surface area contributed by atoms with Gasteiger partial charge in [0.05, 0.1) is 12.3 Å². The first kappa shape index (κ1) is 13.8. The summed E-state index contributed by atoms with van der Waals surface area (Å²) in [6, 6.07) is 0. The molecule has 5 heteroatoms. The highest BCUT2D eigenvalue weighted by atomic mass is 16.3. The van der Waals surface area contributed by atoms with Gasteiger partial charge in [-0.3, -0.25) is 9.48 Å². The number of carbonyl (C=O) groups is 1. The molecular formula is C14H21N3O2. The largest absolute Gasteiger partial charge is 0.393 e. The summed E-state index contributed by atoms with van der Waals surface area (Å²) >= 11 is 0. The molecule has 1 fully saturated rings. The normalized spacial score (nSPS) is 23.1. The second kappa shape index (κ2) is 6.02. The Morgan fingerprint density at radius 1 is 1.63 bits per heavy atom. The summed E-state index contributed by atoms with van der Waals surface area (Å²) in [5, 5.41) is 16.6. The Morgan fingerprint density at radius 2 is 2.42 bits per heavy atom. The zero-order chi connectivity index (χ0) is 13.8. The maximum atomic E-state index is 11.7. The molecule has 1 aromatic rings. The van der Waals surface area contributed by atoms with Crippen molar-refractivity contribution in [2.75, 3.05) is 6.54 Å². The third kappa shape index (κ3) is 3.44. The van der Waals surface area contributed by atoms with Crippen LogP contribution in [0.15, 0.2) is 12.3 Å². The fourth-order valence-electron chi connectivity index (χ4n) is 2.39. The van der Waals surface area contributed by atoms with E-state index in [-0.39, 0.29) is 17.9 Å². The lowest BCUT2D eigenvalue weighted by Crippen LogP contribution is -2.31. The van der Waals surface area contributed by atoms with E-state index in [4.69, 9.17) is 0 Å². The lowest BCUT2D eigenvalue weighted by atomic mass is 10.1. The molecular weight excluding hydrogens is 242 g/mol. The molecule has 19 heavy (non-hydrogen) atoms. The minimum absolute atomic E-state index is 0.123. The van der Waals surface area contributed by atoms with Crippen molar-refractivity contribution in [3.05, 3.63) is 23.5 Å². The lowest BCUT2D eigenvalue weighted by molar-refractivity contribution is -0.116. The summed E-state index contributed by atoms with van der Waals surface area (Å²) in [6.07, 6.45) is 7.66. The zero-order valence-electron chi connectivity index (χ0n) is 11.5. The number of rotatable bonds is 4. The second-order valence-corrected chi connectivity index (χ2v) is 5.15. The Morgan fingerprint density at radius 3 is 3.00 bits per heavy atom. The number of nitrogens with zero attached hydrogens (tertiary/aromatic N) is 2. The molecule has 1 saturated carbocycles. The number of hydrogen-bond donors (Lipinski definition) is 2. The standard InChI is InChI=1S/C14H21N3O2/c1-10-11(9-16-17(10)2)6-7-14(19)15-8-12-4-3-5-13(12)18/h6-7,9,12-13,18H,3-5,8H2,1-2H3,(H,15,19)/b7-6+. The van der Waals surface area contributed by atoms with Crippen molar-refractivity contribution >= 4 is 12.0 Å². The van der Waals surface area contributed by atoms with Crippen LogP contribution < -0.4 is 5.32 Å². The highest BCUT2D eigenvalue weighted by molar-refractivity contribution is 5.91. The van der Waals surface area contributed by atoms with E-state index in [0.29, 0.717) is 6.54 Å². The van der Waals surface area contributed by atoms with E-state index in [9.17, 15) is 9.90 Å². The predicted molar refractivity (Wildman–Crippen MR) is 73.3 cm³/mol. The summed E-state index contributed by atoms with van der Waals surface area (Å²) < 4.78 is 1.77. The minimum atomic E-state index is -0.259. The molecule has 5 nitrogen and oxygen atoms in total. The average Bonchev–Trinajstić information content (AvgIpc) is 2.93. The van der Waals surface area contributed by atoms with Crippen LogP contribution in [0.2, 0.25) is 0 Å². The number of aliphatic hydroxyl groups is 1. The van der Waals surface area contributed by atoms with Gasteiger partial charge < -0.3 is 10.4 Å². The number of aryl methyl sites for hydroxylation is 1. The van der Waals surface area contributed by atoms with E-state index in [1.54, 1.807) is 17.0 Å². The molecule has 0 radical (unpaired) electrons. The monoisotopic (exact) mass is 263 g/mol. The number of aromatic nitrogens is 2. The van der Waals surface area contributed by atoms with Gasteiger partial charge in [0.2, 0.25) is 5.91 Å². The van der Waals surface area contributed by atoms with Crippen LogP contribution in [0.4, 0.5) is 0 Å². The van der Waals surface area contributed by atoms with Crippen molar-refractivity contribution < 1.29 is 9.90 Å². The SMILES string of the molecule is Cc1c(/C=C/C(=O)NCC2CCCC2O)cnn1C. The van der Waals surface area contributed by atoms with Gasteiger partial charge in [-0.2, -0.15) is 5.10 Å². The molecule has 0 spiro atoms. The molecule has 2 atom stereocenters. The molecule has 1 aliphatic carbocycles. The lowest BCUT2D eigenvalue weighted by Gasteiger charge is -2.13. The van der Waals surface area contributed by atoms with Crippen molar-refractivity contribution in [3.8, 4) is 0 Å². The van der Waals surface area contributed by atoms with E-state index >= 15 is 0 Å². The van der Waals surface area contributed by atoms with Gasteiger partial charge in [-0.15, -0.1) is 0 Å². The highest BCUT2D eigenvalue weighted by Gasteiger charge is 2.24. The first-order chi connectivity index (χ1) is 9.08. The average molecular weight is 263 g/mol. The molecule has 0 bridgehead atoms. The number of nitrogens with one attached hydrogen (secondary N) is 1. The fraction of sp³-hybridized carbons (Fsp3) is 0.571. The molecule has 1 aliphatic rings. The molecule has 1 aromatic heterocycles. The smallest absolute Gasteiger partial charge is 0.244 e. The van der Waals surface area contributed by atoms with Crippen LogP contribution in [0.5, 0.6) is 0 Å². The van der Waals surface area contributed by atoms with Crippen LogP contribution in [0, 0.1) is 12.8 Å². The van der Waals surface area contributed by atoms with Gasteiger partial charge >= 0.3 is 0 Å². The molecule has 0 saturated heterocycles. The second-order valence-electron chi connectivity index (χ2n) is 5.15. The first-order valence-electron chi connectivity index (χ1n) is 6.70. The molecule has 0 aliphatic heterocycles. The number of amides is 1. The van der Waals surface area contributed by atoms with Gasteiger partial charge in [-0.05, 0) is 25.8 Å². The summed E-state index contributed by atoms with van der Waals surface area (Å²) in [4.78, 5) is 11.7. The predicted octanol–water partition coefficient (Wildman–Crippen LogP) is 1.02. The Labute approximate surface area is 113 Å². The van der Waals surface area contributed by atoms with Crippen molar-refractivity contribution in [3.63, 3.8) is 0 Å². The van der Waals surface area contributed by atoms with Gasteiger partial charge in [0.1, 0.15) is 0 Å². The maximum absolute atomic E-state index is 11.7. The van der Waals surface area contributed by atoms with Crippen LogP contribution >= 0.6 is 0 Å². The molecule has 2 N–H and O–H groups in total. The molecule has 0 aromatic carbocycles. The summed E-state index contributed by atoms with van der Waals surface area (Å²) in [7, 11) is 1.87. The Balaban J connectivity index is 1.82. The Kier molecular flexibility index (Phi) is 4.37. The molecule has 104 valence electrons. The van der Waals surface area contributed by atoms with Crippen molar-refractivity contribution in [1.29, 1.82) is 0 Å². The zero-order valence-corrected chi connectivity index (χ0v) is 11.5. The number of hydrogen-bond acceptors (Lipinski definition) is 3. The van der Waals surface area contributed by atoms with Gasteiger partial charge in [-0.25, -0.2) is 0 Å². The third-order valence-corrected chi connectivity index (χ3v) is 3.84. The molecule has 1 amide bonds.